The van der Waals surface area contributed by atoms with Gasteiger partial charge in [-0.05, 0) is 39.8 Å². The van der Waals surface area contributed by atoms with Crippen molar-refractivity contribution in [3.05, 3.63) is 52.8 Å². The fourth-order valence-electron chi connectivity index (χ4n) is 3.79. The van der Waals surface area contributed by atoms with Crippen LogP contribution in [0.3, 0.4) is 0 Å². The number of aliphatic hydroxyl groups is 1. The van der Waals surface area contributed by atoms with E-state index >= 15 is 0 Å². The molecule has 1 aliphatic heterocycles. The molecular formula is C23H30ClF2N4O8P. The second-order valence-corrected chi connectivity index (χ2v) is 11.5. The summed E-state index contributed by atoms with van der Waals surface area (Å²) in [6.45, 7) is 4.54. The Hall–Kier alpha value is -2.61. The Bertz CT molecular complexity index is 1270. The number of nitrogens with zero attached hydrogens (tertiary/aromatic N) is 2. The van der Waals surface area contributed by atoms with Crippen molar-refractivity contribution >= 4 is 31.1 Å². The van der Waals surface area contributed by atoms with Crippen LogP contribution in [0.2, 0.25) is 0 Å². The molecule has 0 bridgehead atoms. The number of aromatic nitrogens is 2. The Morgan fingerprint density at radius 2 is 1.97 bits per heavy atom. The molecule has 0 amide bonds. The molecule has 2 heterocycles. The molecule has 1 saturated heterocycles. The number of esters is 1. The lowest BCUT2D eigenvalue weighted by molar-refractivity contribution is -0.149. The molecule has 1 aromatic carbocycles. The van der Waals surface area contributed by atoms with Crippen LogP contribution in [-0.2, 0) is 23.4 Å². The second kappa shape index (κ2) is 12.3. The summed E-state index contributed by atoms with van der Waals surface area (Å²) in [4.78, 5) is 25.8. The molecule has 0 radical (unpaired) electrons. The summed E-state index contributed by atoms with van der Waals surface area (Å²) in [5.41, 5.74) is 4.19. The maximum Gasteiger partial charge on any atom is 0.459 e. The highest BCUT2D eigenvalue weighted by atomic mass is 35.5. The molecule has 216 valence electrons. The van der Waals surface area contributed by atoms with Gasteiger partial charge in [-0.1, -0.05) is 18.2 Å². The number of rotatable bonds is 11. The number of anilines is 1. The van der Waals surface area contributed by atoms with Crippen molar-refractivity contribution < 1.29 is 41.8 Å². The van der Waals surface area contributed by atoms with E-state index in [9.17, 15) is 28.0 Å². The summed E-state index contributed by atoms with van der Waals surface area (Å²) in [5.74, 6) is -2.44. The highest BCUT2D eigenvalue weighted by Gasteiger charge is 2.59. The zero-order valence-corrected chi connectivity index (χ0v) is 23.1. The molecule has 4 N–H and O–H groups in total. The van der Waals surface area contributed by atoms with Gasteiger partial charge in [-0.15, -0.1) is 11.6 Å². The smallest absolute Gasteiger partial charge is 0.459 e. The normalized spacial score (nSPS) is 26.1. The number of nitrogens with two attached hydrogens (primary N) is 1. The minimum atomic E-state index is -4.43. The molecule has 1 aromatic heterocycles. The molecule has 3 rings (SSSR count). The van der Waals surface area contributed by atoms with Gasteiger partial charge in [-0.3, -0.25) is 13.9 Å². The van der Waals surface area contributed by atoms with E-state index in [1.165, 1.54) is 26.0 Å². The van der Waals surface area contributed by atoms with E-state index in [0.29, 0.717) is 10.8 Å². The number of aliphatic hydroxyl groups excluding tert-OH is 1. The van der Waals surface area contributed by atoms with E-state index in [4.69, 9.17) is 35.9 Å². The summed E-state index contributed by atoms with van der Waals surface area (Å²) in [7, 11) is -4.43. The van der Waals surface area contributed by atoms with Crippen LogP contribution >= 0.6 is 19.3 Å². The molecule has 1 fully saturated rings. The third-order valence-electron chi connectivity index (χ3n) is 5.68. The van der Waals surface area contributed by atoms with Gasteiger partial charge >= 0.3 is 19.4 Å². The van der Waals surface area contributed by atoms with Crippen molar-refractivity contribution in [3.8, 4) is 5.75 Å². The number of carbonyl (C=O) groups excluding carboxylic acids is 1. The van der Waals surface area contributed by atoms with Crippen LogP contribution in [0, 0.1) is 5.82 Å². The Morgan fingerprint density at radius 3 is 2.56 bits per heavy atom. The van der Waals surface area contributed by atoms with Crippen molar-refractivity contribution in [2.45, 2.75) is 69.3 Å². The van der Waals surface area contributed by atoms with Crippen molar-refractivity contribution in [1.82, 2.24) is 14.6 Å². The lowest BCUT2D eigenvalue weighted by Gasteiger charge is -2.30. The van der Waals surface area contributed by atoms with E-state index < -0.39 is 79.3 Å². The van der Waals surface area contributed by atoms with E-state index in [-0.39, 0.29) is 5.75 Å². The average molecular weight is 595 g/mol. The number of ether oxygens (including phenoxy) is 2. The highest BCUT2D eigenvalue weighted by molar-refractivity contribution is 7.52. The number of alkyl halides is 2. The summed E-state index contributed by atoms with van der Waals surface area (Å²) in [5, 5.41) is 13.4. The number of nitrogen functional groups attached to an aromatic ring is 1. The predicted octanol–water partition coefficient (Wildman–Crippen LogP) is 2.69. The molecule has 0 saturated carbocycles. The van der Waals surface area contributed by atoms with Gasteiger partial charge in [-0.25, -0.2) is 18.1 Å². The standard InChI is InChI=1S/C23H30ClF2N4O8P/c1-12(2)35-20(32)13(3)29-39(34,38-15-8-6-5-7-9-15)37-14(4)17-18(31)23(24,11-25)21(36-17)30-10-16(26)19(27)28-22(30)33/h5-10,12-14,17-18,21,31H,11H2,1-4H3,(H,29,34)(H2,27,28,33)/t13-,14-,17+,18?,21+,23+,39+/m0/s1. The van der Waals surface area contributed by atoms with Crippen LogP contribution in [0.15, 0.2) is 41.3 Å². The predicted molar refractivity (Wildman–Crippen MR) is 136 cm³/mol. The largest absolute Gasteiger partial charge is 0.462 e. The third kappa shape index (κ3) is 6.94. The van der Waals surface area contributed by atoms with Crippen LogP contribution < -0.4 is 21.0 Å². The quantitative estimate of drug-likeness (QED) is 0.199. The summed E-state index contributed by atoms with van der Waals surface area (Å²) in [6.07, 6.45) is -6.31. The SMILES string of the molecule is CC(C)OC(=O)[C@H](C)N[P@](=O)(Oc1ccccc1)O[C@@H](C)[C@H]1O[C@@H](n2cc(F)c(N)nc2=O)[C@@](Cl)(CF)C1O. The molecule has 2 aromatic rings. The van der Waals surface area contributed by atoms with Gasteiger partial charge in [0.25, 0.3) is 0 Å². The number of hydrogen-bond donors (Lipinski definition) is 3. The maximum absolute atomic E-state index is 14.2. The van der Waals surface area contributed by atoms with Gasteiger partial charge in [0.15, 0.2) is 17.9 Å². The third-order valence-corrected chi connectivity index (χ3v) is 7.96. The molecule has 39 heavy (non-hydrogen) atoms. The summed E-state index contributed by atoms with van der Waals surface area (Å²) >= 11 is 6.36. The first kappa shape index (κ1) is 30.9. The first-order valence-electron chi connectivity index (χ1n) is 11.8. The minimum absolute atomic E-state index is 0.112. The molecule has 12 nitrogen and oxygen atoms in total. The molecule has 7 atom stereocenters. The highest BCUT2D eigenvalue weighted by Crippen LogP contribution is 2.50. The van der Waals surface area contributed by atoms with E-state index in [2.05, 4.69) is 10.1 Å². The molecule has 0 aliphatic carbocycles. The summed E-state index contributed by atoms with van der Waals surface area (Å²) in [6, 6.07) is 6.70. The lowest BCUT2D eigenvalue weighted by Crippen LogP contribution is -2.47. The van der Waals surface area contributed by atoms with E-state index in [1.54, 1.807) is 32.0 Å². The Balaban J connectivity index is 1.91. The van der Waals surface area contributed by atoms with Crippen LogP contribution in [0.25, 0.3) is 0 Å². The topological polar surface area (TPSA) is 164 Å². The van der Waals surface area contributed by atoms with Crippen LogP contribution in [0.1, 0.15) is 33.9 Å². The van der Waals surface area contributed by atoms with Gasteiger partial charge in [-0.2, -0.15) is 10.1 Å². The van der Waals surface area contributed by atoms with Gasteiger partial charge in [0.2, 0.25) is 0 Å². The lowest BCUT2D eigenvalue weighted by atomic mass is 9.97. The van der Waals surface area contributed by atoms with Gasteiger partial charge in [0.05, 0.1) is 18.4 Å². The van der Waals surface area contributed by atoms with Crippen LogP contribution in [0.4, 0.5) is 14.6 Å². The van der Waals surface area contributed by atoms with Gasteiger partial charge in [0, 0.05) is 0 Å². The van der Waals surface area contributed by atoms with Crippen molar-refractivity contribution in [2.24, 2.45) is 0 Å². The van der Waals surface area contributed by atoms with Gasteiger partial charge in [0.1, 0.15) is 35.5 Å². The number of para-hydroxylation sites is 1. The fraction of sp³-hybridized carbons (Fsp3) is 0.522. The van der Waals surface area contributed by atoms with E-state index in [1.807, 2.05) is 0 Å². The number of halogens is 3. The van der Waals surface area contributed by atoms with E-state index in [0.717, 1.165) is 0 Å². The van der Waals surface area contributed by atoms with Crippen LogP contribution in [0.5, 0.6) is 5.75 Å². The molecular weight excluding hydrogens is 565 g/mol. The zero-order chi connectivity index (χ0) is 29.1. The number of benzene rings is 1. The number of carbonyl (C=O) groups is 1. The van der Waals surface area contributed by atoms with Crippen molar-refractivity contribution in [3.63, 3.8) is 0 Å². The second-order valence-electron chi connectivity index (χ2n) is 9.17. The number of hydrogen-bond acceptors (Lipinski definition) is 10. The molecule has 1 unspecified atom stereocenters. The fourth-order valence-corrected chi connectivity index (χ4v) is 5.77. The molecule has 0 spiro atoms. The molecule has 16 heteroatoms. The Kier molecular flexibility index (Phi) is 9.73. The first-order valence-corrected chi connectivity index (χ1v) is 13.8. The van der Waals surface area contributed by atoms with Crippen molar-refractivity contribution in [1.29, 1.82) is 0 Å². The minimum Gasteiger partial charge on any atom is -0.462 e. The van der Waals surface area contributed by atoms with Crippen LogP contribution in [-0.4, -0.2) is 62.6 Å². The van der Waals surface area contributed by atoms with Gasteiger partial charge < -0.3 is 24.8 Å². The maximum atomic E-state index is 14.2. The zero-order valence-electron chi connectivity index (χ0n) is 21.5. The van der Waals surface area contributed by atoms with Crippen molar-refractivity contribution in [2.75, 3.05) is 12.4 Å². The Morgan fingerprint density at radius 1 is 1.33 bits per heavy atom. The number of nitrogens with one attached hydrogen (secondary N) is 1. The first-order chi connectivity index (χ1) is 18.2. The Labute approximate surface area is 227 Å². The average Bonchev–Trinajstić information content (AvgIpc) is 3.12. The monoisotopic (exact) mass is 594 g/mol. The summed E-state index contributed by atoms with van der Waals surface area (Å²) < 4.78 is 64.7. The molecule has 1 aliphatic rings.